The standard InChI is InChI=1S/C25H24ClFN6O3.C2HF3O2/c1-34-21-12-18(6-7-20(21)32-14-22(26)28-15-32)29-24-30-23-19(16-2-4-17(27)5-3-16)13-25(35-10-11-36-25)8-9-33(23)31-24;3-2(4,5)1(6)7/h2-7,12,14-15,19H,8-11,13H2,1H3,(H,29,31);(H,6,7). The van der Waals surface area contributed by atoms with E-state index in [1.165, 1.54) is 12.1 Å². The van der Waals surface area contributed by atoms with Crippen LogP contribution in [0, 0.1) is 5.82 Å². The molecule has 0 amide bonds. The first-order valence-corrected chi connectivity index (χ1v) is 13.3. The van der Waals surface area contributed by atoms with Crippen molar-refractivity contribution in [3.8, 4) is 11.4 Å². The van der Waals surface area contributed by atoms with Crippen LogP contribution in [0.4, 0.5) is 29.2 Å². The van der Waals surface area contributed by atoms with Crippen molar-refractivity contribution in [3.05, 3.63) is 77.3 Å². The molecule has 2 aromatic heterocycles. The molecule has 2 aromatic carbocycles. The van der Waals surface area contributed by atoms with Gasteiger partial charge in [0, 0.05) is 43.3 Å². The van der Waals surface area contributed by atoms with Crippen LogP contribution in [0.25, 0.3) is 5.69 Å². The van der Waals surface area contributed by atoms with E-state index in [0.717, 1.165) is 22.8 Å². The molecule has 43 heavy (non-hydrogen) atoms. The van der Waals surface area contributed by atoms with E-state index in [1.807, 2.05) is 22.9 Å². The molecule has 11 nitrogen and oxygen atoms in total. The lowest BCUT2D eigenvalue weighted by Crippen LogP contribution is -2.32. The minimum Gasteiger partial charge on any atom is -0.494 e. The summed E-state index contributed by atoms with van der Waals surface area (Å²) < 4.78 is 66.7. The Balaban J connectivity index is 0.000000472. The Hall–Kier alpha value is -4.21. The largest absolute Gasteiger partial charge is 0.494 e. The van der Waals surface area contributed by atoms with E-state index in [1.54, 1.807) is 36.3 Å². The number of rotatable bonds is 5. The molecule has 0 saturated carbocycles. The van der Waals surface area contributed by atoms with E-state index in [2.05, 4.69) is 10.3 Å². The number of alkyl halides is 3. The van der Waals surface area contributed by atoms with Crippen LogP contribution < -0.4 is 10.1 Å². The van der Waals surface area contributed by atoms with Crippen molar-refractivity contribution < 1.29 is 41.7 Å². The van der Waals surface area contributed by atoms with E-state index in [0.29, 0.717) is 49.5 Å². The van der Waals surface area contributed by atoms with Crippen LogP contribution in [-0.2, 0) is 20.8 Å². The van der Waals surface area contributed by atoms with Gasteiger partial charge < -0.3 is 29.2 Å². The number of ether oxygens (including phenoxy) is 3. The van der Waals surface area contributed by atoms with Gasteiger partial charge in [0.15, 0.2) is 5.79 Å². The molecule has 0 bridgehead atoms. The Labute approximate surface area is 247 Å². The second-order valence-corrected chi connectivity index (χ2v) is 9.99. The quantitative estimate of drug-likeness (QED) is 0.284. The van der Waals surface area contributed by atoms with Crippen LogP contribution in [0.3, 0.4) is 0 Å². The number of aryl methyl sites for hydroxylation is 1. The summed E-state index contributed by atoms with van der Waals surface area (Å²) in [6, 6.07) is 12.2. The molecular weight excluding hydrogens is 600 g/mol. The zero-order chi connectivity index (χ0) is 30.8. The number of imidazole rings is 1. The molecule has 0 radical (unpaired) electrons. The van der Waals surface area contributed by atoms with E-state index in [-0.39, 0.29) is 11.7 Å². The number of nitrogens with zero attached hydrogens (tertiary/aromatic N) is 5. The lowest BCUT2D eigenvalue weighted by molar-refractivity contribution is -0.192. The van der Waals surface area contributed by atoms with Gasteiger partial charge in [-0.1, -0.05) is 23.7 Å². The van der Waals surface area contributed by atoms with Crippen LogP contribution in [-0.4, -0.2) is 67.7 Å². The zero-order valence-electron chi connectivity index (χ0n) is 22.5. The molecule has 2 aliphatic heterocycles. The number of carboxylic acid groups (broad SMARTS) is 1. The number of aromatic nitrogens is 5. The maximum Gasteiger partial charge on any atom is 0.490 e. The van der Waals surface area contributed by atoms with Crippen molar-refractivity contribution in [1.29, 1.82) is 0 Å². The zero-order valence-corrected chi connectivity index (χ0v) is 23.3. The van der Waals surface area contributed by atoms with Crippen molar-refractivity contribution in [2.24, 2.45) is 0 Å². The second-order valence-electron chi connectivity index (χ2n) is 9.60. The molecule has 16 heteroatoms. The fraction of sp³-hybridized carbons (Fsp3) is 0.333. The van der Waals surface area contributed by atoms with E-state index in [9.17, 15) is 17.6 Å². The highest BCUT2D eigenvalue weighted by Crippen LogP contribution is 2.41. The SMILES string of the molecule is COc1cc(Nc2nc3n(n2)CCC2(CC3c3ccc(F)cc3)OCCO2)ccc1-n1cnc(Cl)c1.O=C(O)C(F)(F)F. The maximum atomic E-state index is 13.7. The molecule has 2 N–H and O–H groups in total. The van der Waals surface area contributed by atoms with E-state index < -0.39 is 17.9 Å². The van der Waals surface area contributed by atoms with Crippen LogP contribution >= 0.6 is 11.6 Å². The first-order valence-electron chi connectivity index (χ1n) is 12.9. The number of nitrogens with one attached hydrogen (secondary N) is 1. The number of halogens is 5. The average Bonchev–Trinajstić information content (AvgIpc) is 3.69. The number of anilines is 2. The molecule has 4 aromatic rings. The highest BCUT2D eigenvalue weighted by molar-refractivity contribution is 6.29. The number of benzene rings is 2. The third kappa shape index (κ3) is 6.89. The van der Waals surface area contributed by atoms with Gasteiger partial charge in [-0.25, -0.2) is 18.9 Å². The Morgan fingerprint density at radius 3 is 2.49 bits per heavy atom. The number of fused-ring (bicyclic) bond motifs is 1. The van der Waals surface area contributed by atoms with Gasteiger partial charge in [0.1, 0.15) is 28.9 Å². The lowest BCUT2D eigenvalue weighted by atomic mass is 9.90. The summed E-state index contributed by atoms with van der Waals surface area (Å²) in [5, 5.41) is 15.5. The predicted molar refractivity (Wildman–Crippen MR) is 144 cm³/mol. The molecule has 1 atom stereocenters. The summed E-state index contributed by atoms with van der Waals surface area (Å²) in [7, 11) is 1.61. The van der Waals surface area contributed by atoms with Gasteiger partial charge in [-0.05, 0) is 29.8 Å². The summed E-state index contributed by atoms with van der Waals surface area (Å²) in [4.78, 5) is 17.8. The monoisotopic (exact) mass is 624 g/mol. The molecule has 1 spiro atoms. The van der Waals surface area contributed by atoms with Crippen LogP contribution in [0.2, 0.25) is 5.15 Å². The molecule has 2 aliphatic rings. The Morgan fingerprint density at radius 2 is 1.88 bits per heavy atom. The summed E-state index contributed by atoms with van der Waals surface area (Å²) in [5.41, 5.74) is 2.50. The molecule has 1 saturated heterocycles. The van der Waals surface area contributed by atoms with Crippen LogP contribution in [0.5, 0.6) is 5.75 Å². The summed E-state index contributed by atoms with van der Waals surface area (Å²) >= 11 is 5.97. The maximum absolute atomic E-state index is 13.7. The molecule has 6 rings (SSSR count). The fourth-order valence-corrected chi connectivity index (χ4v) is 5.01. The highest BCUT2D eigenvalue weighted by atomic mass is 35.5. The highest BCUT2D eigenvalue weighted by Gasteiger charge is 2.43. The Kier molecular flexibility index (Phi) is 8.57. The van der Waals surface area contributed by atoms with Gasteiger partial charge >= 0.3 is 12.1 Å². The van der Waals surface area contributed by atoms with Crippen molar-refractivity contribution in [1.82, 2.24) is 24.3 Å². The second kappa shape index (κ2) is 12.2. The summed E-state index contributed by atoms with van der Waals surface area (Å²) in [6.07, 6.45) is -0.523. The minimum atomic E-state index is -5.08. The van der Waals surface area contributed by atoms with Gasteiger partial charge in [-0.2, -0.15) is 18.2 Å². The van der Waals surface area contributed by atoms with Crippen molar-refractivity contribution in [2.75, 3.05) is 25.6 Å². The number of aliphatic carboxylic acids is 1. The Morgan fingerprint density at radius 1 is 1.19 bits per heavy atom. The Bertz CT molecular complexity index is 1590. The fourth-order valence-electron chi connectivity index (χ4n) is 4.86. The molecule has 1 unspecified atom stereocenters. The molecular formula is C27H25ClF4N6O5. The van der Waals surface area contributed by atoms with Crippen LogP contribution in [0.1, 0.15) is 30.1 Å². The normalized spacial score (nSPS) is 17.5. The number of hydrogen-bond acceptors (Lipinski definition) is 8. The predicted octanol–water partition coefficient (Wildman–Crippen LogP) is 5.31. The van der Waals surface area contributed by atoms with Gasteiger partial charge in [0.05, 0.1) is 26.0 Å². The number of methoxy groups -OCH3 is 1. The molecule has 0 aliphatic carbocycles. The van der Waals surface area contributed by atoms with E-state index in [4.69, 9.17) is 45.8 Å². The summed E-state index contributed by atoms with van der Waals surface area (Å²) in [6.45, 7) is 1.70. The van der Waals surface area contributed by atoms with Crippen molar-refractivity contribution in [2.45, 2.75) is 37.3 Å². The van der Waals surface area contributed by atoms with Crippen molar-refractivity contribution in [3.63, 3.8) is 0 Å². The lowest BCUT2D eigenvalue weighted by Gasteiger charge is -2.28. The topological polar surface area (TPSA) is 126 Å². The number of hydrogen-bond donors (Lipinski definition) is 2. The first-order chi connectivity index (χ1) is 20.5. The van der Waals surface area contributed by atoms with Crippen LogP contribution in [0.15, 0.2) is 55.0 Å². The third-order valence-corrected chi connectivity index (χ3v) is 7.02. The molecule has 228 valence electrons. The first kappa shape index (κ1) is 30.3. The van der Waals surface area contributed by atoms with Gasteiger partial charge in [0.2, 0.25) is 5.95 Å². The minimum absolute atomic E-state index is 0.169. The number of carboxylic acids is 1. The number of carbonyl (C=O) groups is 1. The van der Waals surface area contributed by atoms with Crippen molar-refractivity contribution >= 4 is 29.2 Å². The van der Waals surface area contributed by atoms with Gasteiger partial charge in [0.25, 0.3) is 0 Å². The molecule has 4 heterocycles. The van der Waals surface area contributed by atoms with E-state index >= 15 is 0 Å². The average molecular weight is 625 g/mol. The van der Waals surface area contributed by atoms with Gasteiger partial charge in [-0.15, -0.1) is 5.10 Å². The smallest absolute Gasteiger partial charge is 0.490 e. The summed E-state index contributed by atoms with van der Waals surface area (Å²) in [5.74, 6) is -2.02. The third-order valence-electron chi connectivity index (χ3n) is 6.83. The molecule has 1 fully saturated rings. The van der Waals surface area contributed by atoms with Gasteiger partial charge in [-0.3, -0.25) is 0 Å².